The number of ether oxygens (including phenoxy) is 1. The summed E-state index contributed by atoms with van der Waals surface area (Å²) in [5.74, 6) is 0.486. The number of rotatable bonds is 4. The largest absolute Gasteiger partial charge is 0.482 e. The van der Waals surface area contributed by atoms with Crippen LogP contribution in [-0.2, 0) is 11.3 Å². The van der Waals surface area contributed by atoms with Crippen LogP contribution < -0.4 is 10.5 Å². The second kappa shape index (κ2) is 5.31. The molecule has 0 aliphatic rings. The van der Waals surface area contributed by atoms with Crippen LogP contribution in [0.1, 0.15) is 5.69 Å². The Morgan fingerprint density at radius 1 is 1.53 bits per heavy atom. The van der Waals surface area contributed by atoms with Crippen molar-refractivity contribution >= 4 is 5.91 Å². The lowest BCUT2D eigenvalue weighted by atomic mass is 10.3. The highest BCUT2D eigenvalue weighted by atomic mass is 16.5. The van der Waals surface area contributed by atoms with E-state index in [2.05, 4.69) is 4.98 Å². The molecule has 5 nitrogen and oxygen atoms in total. The van der Waals surface area contributed by atoms with Crippen LogP contribution in [0.15, 0.2) is 18.3 Å². The van der Waals surface area contributed by atoms with Gasteiger partial charge in [0.25, 0.3) is 5.91 Å². The Balaban J connectivity index is 2.47. The highest BCUT2D eigenvalue weighted by molar-refractivity contribution is 5.77. The molecule has 2 N–H and O–H groups in total. The third-order valence-electron chi connectivity index (χ3n) is 1.87. The van der Waals surface area contributed by atoms with E-state index in [0.717, 1.165) is 5.69 Å². The first-order valence-electron chi connectivity index (χ1n) is 4.61. The second-order valence-electron chi connectivity index (χ2n) is 3.27. The molecule has 1 amide bonds. The van der Waals surface area contributed by atoms with E-state index in [-0.39, 0.29) is 12.5 Å². The number of hydrogen-bond donors (Lipinski definition) is 1. The van der Waals surface area contributed by atoms with Crippen molar-refractivity contribution in [1.82, 2.24) is 9.88 Å². The van der Waals surface area contributed by atoms with Gasteiger partial charge in [-0.1, -0.05) is 0 Å². The van der Waals surface area contributed by atoms with Gasteiger partial charge in [-0.25, -0.2) is 0 Å². The van der Waals surface area contributed by atoms with Gasteiger partial charge in [0, 0.05) is 20.6 Å². The van der Waals surface area contributed by atoms with Crippen LogP contribution in [0, 0.1) is 0 Å². The SMILES string of the molecule is CN(C)C(=O)COc1ccc(CN)nc1. The Bertz CT molecular complexity index is 322. The molecule has 0 saturated heterocycles. The predicted octanol–water partition coefficient (Wildman–Crippen LogP) is 0.00730. The zero-order chi connectivity index (χ0) is 11.3. The molecule has 0 radical (unpaired) electrons. The normalized spacial score (nSPS) is 9.80. The Hall–Kier alpha value is -1.62. The summed E-state index contributed by atoms with van der Waals surface area (Å²) in [5, 5.41) is 0. The Labute approximate surface area is 88.9 Å². The zero-order valence-corrected chi connectivity index (χ0v) is 8.93. The van der Waals surface area contributed by atoms with Crippen LogP contribution in [0.25, 0.3) is 0 Å². The molecule has 0 saturated carbocycles. The minimum Gasteiger partial charge on any atom is -0.482 e. The molecule has 0 aliphatic carbocycles. The average molecular weight is 209 g/mol. The number of pyridine rings is 1. The van der Waals surface area contributed by atoms with E-state index in [0.29, 0.717) is 12.3 Å². The molecule has 0 atom stereocenters. The van der Waals surface area contributed by atoms with Crippen LogP contribution in [0.4, 0.5) is 0 Å². The van der Waals surface area contributed by atoms with E-state index in [4.69, 9.17) is 10.5 Å². The molecule has 0 aliphatic heterocycles. The summed E-state index contributed by atoms with van der Waals surface area (Å²) in [5.41, 5.74) is 6.19. The first-order chi connectivity index (χ1) is 7.13. The molecule has 5 heteroatoms. The molecule has 82 valence electrons. The standard InChI is InChI=1S/C10H15N3O2/c1-13(2)10(14)7-15-9-4-3-8(5-11)12-6-9/h3-4,6H,5,7,11H2,1-2H3. The number of nitrogens with two attached hydrogens (primary N) is 1. The Morgan fingerprint density at radius 2 is 2.27 bits per heavy atom. The van der Waals surface area contributed by atoms with Crippen molar-refractivity contribution in [2.75, 3.05) is 20.7 Å². The van der Waals surface area contributed by atoms with Gasteiger partial charge in [-0.05, 0) is 12.1 Å². The van der Waals surface area contributed by atoms with Crippen molar-refractivity contribution in [2.24, 2.45) is 5.73 Å². The fraction of sp³-hybridized carbons (Fsp3) is 0.400. The van der Waals surface area contributed by atoms with Crippen molar-refractivity contribution in [3.05, 3.63) is 24.0 Å². The zero-order valence-electron chi connectivity index (χ0n) is 8.93. The summed E-state index contributed by atoms with van der Waals surface area (Å²) in [7, 11) is 3.36. The van der Waals surface area contributed by atoms with Crippen LogP contribution in [0.3, 0.4) is 0 Å². The topological polar surface area (TPSA) is 68.5 Å². The number of carbonyl (C=O) groups is 1. The van der Waals surface area contributed by atoms with E-state index in [9.17, 15) is 4.79 Å². The lowest BCUT2D eigenvalue weighted by Crippen LogP contribution is -2.27. The fourth-order valence-corrected chi connectivity index (χ4v) is 0.891. The van der Waals surface area contributed by atoms with Gasteiger partial charge in [-0.2, -0.15) is 0 Å². The van der Waals surface area contributed by atoms with Gasteiger partial charge in [-0.3, -0.25) is 9.78 Å². The molecule has 0 fully saturated rings. The Morgan fingerprint density at radius 3 is 2.73 bits per heavy atom. The van der Waals surface area contributed by atoms with E-state index >= 15 is 0 Å². The number of aromatic nitrogens is 1. The molecule has 0 aromatic carbocycles. The van der Waals surface area contributed by atoms with Gasteiger partial charge in [0.05, 0.1) is 11.9 Å². The monoisotopic (exact) mass is 209 g/mol. The van der Waals surface area contributed by atoms with Crippen molar-refractivity contribution in [3.63, 3.8) is 0 Å². The quantitative estimate of drug-likeness (QED) is 0.758. The van der Waals surface area contributed by atoms with Crippen molar-refractivity contribution < 1.29 is 9.53 Å². The molecule has 1 aromatic rings. The van der Waals surface area contributed by atoms with Gasteiger partial charge in [0.2, 0.25) is 0 Å². The summed E-state index contributed by atoms with van der Waals surface area (Å²) in [4.78, 5) is 16.7. The third kappa shape index (κ3) is 3.55. The second-order valence-corrected chi connectivity index (χ2v) is 3.27. The maximum absolute atomic E-state index is 11.2. The molecule has 0 unspecified atom stereocenters. The Kier molecular flexibility index (Phi) is 4.05. The molecule has 15 heavy (non-hydrogen) atoms. The van der Waals surface area contributed by atoms with E-state index in [1.165, 1.54) is 4.90 Å². The molecule has 0 bridgehead atoms. The number of likely N-dealkylation sites (N-methyl/N-ethyl adjacent to an activating group) is 1. The maximum Gasteiger partial charge on any atom is 0.259 e. The summed E-state index contributed by atoms with van der Waals surface area (Å²) >= 11 is 0. The van der Waals surface area contributed by atoms with Crippen molar-refractivity contribution in [2.45, 2.75) is 6.54 Å². The lowest BCUT2D eigenvalue weighted by molar-refractivity contribution is -0.130. The minimum atomic E-state index is -0.0853. The fourth-order valence-electron chi connectivity index (χ4n) is 0.891. The predicted molar refractivity (Wildman–Crippen MR) is 56.3 cm³/mol. The number of nitrogens with zero attached hydrogens (tertiary/aromatic N) is 2. The van der Waals surface area contributed by atoms with Gasteiger partial charge in [-0.15, -0.1) is 0 Å². The number of amides is 1. The van der Waals surface area contributed by atoms with Gasteiger partial charge in [0.1, 0.15) is 5.75 Å². The van der Waals surface area contributed by atoms with Crippen LogP contribution in [0.5, 0.6) is 5.75 Å². The van der Waals surface area contributed by atoms with Crippen molar-refractivity contribution in [3.8, 4) is 5.75 Å². The van der Waals surface area contributed by atoms with Crippen LogP contribution in [0.2, 0.25) is 0 Å². The molecule has 0 spiro atoms. The average Bonchev–Trinajstić information content (AvgIpc) is 2.26. The highest BCUT2D eigenvalue weighted by Crippen LogP contribution is 2.08. The lowest BCUT2D eigenvalue weighted by Gasteiger charge is -2.11. The minimum absolute atomic E-state index is 0.0245. The molecular formula is C10H15N3O2. The van der Waals surface area contributed by atoms with Crippen LogP contribution in [-0.4, -0.2) is 36.5 Å². The summed E-state index contributed by atoms with van der Waals surface area (Å²) in [6.45, 7) is 0.424. The number of hydrogen-bond acceptors (Lipinski definition) is 4. The van der Waals surface area contributed by atoms with E-state index in [1.54, 1.807) is 32.4 Å². The smallest absolute Gasteiger partial charge is 0.259 e. The van der Waals surface area contributed by atoms with Gasteiger partial charge < -0.3 is 15.4 Å². The van der Waals surface area contributed by atoms with Gasteiger partial charge in [0.15, 0.2) is 6.61 Å². The highest BCUT2D eigenvalue weighted by Gasteiger charge is 2.04. The maximum atomic E-state index is 11.2. The van der Waals surface area contributed by atoms with Gasteiger partial charge >= 0.3 is 0 Å². The van der Waals surface area contributed by atoms with Crippen molar-refractivity contribution in [1.29, 1.82) is 0 Å². The van der Waals surface area contributed by atoms with Crippen LogP contribution >= 0.6 is 0 Å². The summed E-state index contributed by atoms with van der Waals surface area (Å²) in [6, 6.07) is 3.52. The summed E-state index contributed by atoms with van der Waals surface area (Å²) < 4.78 is 5.23. The number of carbonyl (C=O) groups excluding carboxylic acids is 1. The first kappa shape index (κ1) is 11.5. The first-order valence-corrected chi connectivity index (χ1v) is 4.61. The summed E-state index contributed by atoms with van der Waals surface area (Å²) in [6.07, 6.45) is 1.56. The van der Waals surface area contributed by atoms with E-state index in [1.807, 2.05) is 0 Å². The molecule has 1 rings (SSSR count). The van der Waals surface area contributed by atoms with E-state index < -0.39 is 0 Å². The molecular weight excluding hydrogens is 194 g/mol. The molecule has 1 aromatic heterocycles. The third-order valence-corrected chi connectivity index (χ3v) is 1.87. The molecule has 1 heterocycles.